The lowest BCUT2D eigenvalue weighted by atomic mass is 10.1. The molecule has 1 rings (SSSR count). The van der Waals surface area contributed by atoms with E-state index in [-0.39, 0.29) is 11.1 Å². The Morgan fingerprint density at radius 3 is 2.62 bits per heavy atom. The molecule has 0 amide bonds. The number of methoxy groups -OCH3 is 1. The molecule has 0 heterocycles. The van der Waals surface area contributed by atoms with Crippen LogP contribution in [0.5, 0.6) is 5.75 Å². The molecule has 0 aliphatic carbocycles. The Labute approximate surface area is 74.8 Å². The first-order valence-electron chi connectivity index (χ1n) is 3.63. The maximum absolute atomic E-state index is 13.1. The van der Waals surface area contributed by atoms with Crippen LogP contribution >= 0.6 is 0 Å². The van der Waals surface area contributed by atoms with Crippen molar-refractivity contribution in [2.75, 3.05) is 7.11 Å². The van der Waals surface area contributed by atoms with Crippen molar-refractivity contribution in [2.24, 2.45) is 0 Å². The van der Waals surface area contributed by atoms with Gasteiger partial charge in [0.05, 0.1) is 12.7 Å². The Morgan fingerprint density at radius 1 is 1.54 bits per heavy atom. The molecular formula is C9H9FO3. The third-order valence-electron chi connectivity index (χ3n) is 1.69. The monoisotopic (exact) mass is 184 g/mol. The maximum Gasteiger partial charge on any atom is 0.338 e. The first-order chi connectivity index (χ1) is 6.06. The van der Waals surface area contributed by atoms with Gasteiger partial charge in [-0.2, -0.15) is 0 Å². The van der Waals surface area contributed by atoms with E-state index < -0.39 is 11.8 Å². The molecule has 13 heavy (non-hydrogen) atoms. The first kappa shape index (κ1) is 9.51. The Balaban J connectivity index is 3.33. The molecular weight excluding hydrogens is 175 g/mol. The van der Waals surface area contributed by atoms with Crippen molar-refractivity contribution < 1.29 is 19.0 Å². The number of carbonyl (C=O) groups is 1. The lowest BCUT2D eigenvalue weighted by Crippen LogP contribution is -2.03. The fourth-order valence-corrected chi connectivity index (χ4v) is 1.01. The van der Waals surface area contributed by atoms with Crippen LogP contribution in [0.1, 0.15) is 15.9 Å². The van der Waals surface area contributed by atoms with Crippen molar-refractivity contribution in [1.82, 2.24) is 0 Å². The second-order valence-corrected chi connectivity index (χ2v) is 2.61. The number of carboxylic acids is 1. The third-order valence-corrected chi connectivity index (χ3v) is 1.69. The fourth-order valence-electron chi connectivity index (χ4n) is 1.01. The summed E-state index contributed by atoms with van der Waals surface area (Å²) in [6.45, 7) is 1.49. The number of carboxylic acid groups (broad SMARTS) is 1. The van der Waals surface area contributed by atoms with Gasteiger partial charge in [0.2, 0.25) is 0 Å². The summed E-state index contributed by atoms with van der Waals surface area (Å²) < 4.78 is 17.9. The van der Waals surface area contributed by atoms with Crippen LogP contribution < -0.4 is 4.74 Å². The van der Waals surface area contributed by atoms with Crippen molar-refractivity contribution >= 4 is 5.97 Å². The van der Waals surface area contributed by atoms with E-state index in [4.69, 9.17) is 9.84 Å². The molecule has 0 aromatic heterocycles. The zero-order valence-corrected chi connectivity index (χ0v) is 7.30. The molecule has 0 aliphatic rings. The second kappa shape index (κ2) is 3.43. The second-order valence-electron chi connectivity index (χ2n) is 2.61. The summed E-state index contributed by atoms with van der Waals surface area (Å²) in [6, 6.07) is 2.60. The number of aryl methyl sites for hydroxylation is 1. The van der Waals surface area contributed by atoms with E-state index in [1.54, 1.807) is 0 Å². The predicted octanol–water partition coefficient (Wildman–Crippen LogP) is 1.84. The van der Waals surface area contributed by atoms with E-state index in [1.165, 1.54) is 20.1 Å². The summed E-state index contributed by atoms with van der Waals surface area (Å²) in [4.78, 5) is 10.5. The topological polar surface area (TPSA) is 46.5 Å². The number of aromatic carboxylic acids is 1. The van der Waals surface area contributed by atoms with Crippen LogP contribution in [0.3, 0.4) is 0 Å². The zero-order chi connectivity index (χ0) is 10.0. The van der Waals surface area contributed by atoms with Gasteiger partial charge in [-0.05, 0) is 24.6 Å². The fraction of sp³-hybridized carbons (Fsp3) is 0.222. The minimum atomic E-state index is -1.29. The normalized spacial score (nSPS) is 9.77. The average Bonchev–Trinajstić information content (AvgIpc) is 2.09. The van der Waals surface area contributed by atoms with Gasteiger partial charge in [-0.3, -0.25) is 0 Å². The minimum absolute atomic E-state index is 0.261. The lowest BCUT2D eigenvalue weighted by Gasteiger charge is -2.05. The van der Waals surface area contributed by atoms with Crippen LogP contribution in [-0.4, -0.2) is 18.2 Å². The minimum Gasteiger partial charge on any atom is -0.497 e. The van der Waals surface area contributed by atoms with Crippen LogP contribution in [0, 0.1) is 12.7 Å². The lowest BCUT2D eigenvalue weighted by molar-refractivity contribution is 0.0691. The summed E-state index contributed by atoms with van der Waals surface area (Å²) in [5.41, 5.74) is -0.103. The molecule has 0 radical (unpaired) electrons. The number of halogens is 1. The molecule has 0 aliphatic heterocycles. The first-order valence-corrected chi connectivity index (χ1v) is 3.63. The molecule has 3 nitrogen and oxygen atoms in total. The molecule has 0 bridgehead atoms. The number of rotatable bonds is 2. The van der Waals surface area contributed by atoms with E-state index in [0.29, 0.717) is 5.75 Å². The Kier molecular flexibility index (Phi) is 2.51. The van der Waals surface area contributed by atoms with Gasteiger partial charge in [0.25, 0.3) is 0 Å². The third kappa shape index (κ3) is 1.77. The zero-order valence-electron chi connectivity index (χ0n) is 7.30. The standard InChI is InChI=1S/C9H9FO3/c1-5-3-6(13-2)4-7(8(5)10)9(11)12/h3-4H,1-2H3,(H,11,12). The number of benzene rings is 1. The SMILES string of the molecule is COc1cc(C)c(F)c(C(=O)O)c1. The van der Waals surface area contributed by atoms with Gasteiger partial charge in [0.15, 0.2) is 0 Å². The average molecular weight is 184 g/mol. The largest absolute Gasteiger partial charge is 0.497 e. The van der Waals surface area contributed by atoms with Crippen molar-refractivity contribution in [3.05, 3.63) is 29.1 Å². The molecule has 0 unspecified atom stereocenters. The quantitative estimate of drug-likeness (QED) is 0.762. The molecule has 0 fully saturated rings. The van der Waals surface area contributed by atoms with E-state index in [9.17, 15) is 9.18 Å². The van der Waals surface area contributed by atoms with Gasteiger partial charge in [0.1, 0.15) is 11.6 Å². The van der Waals surface area contributed by atoms with Crippen LogP contribution in [0.2, 0.25) is 0 Å². The van der Waals surface area contributed by atoms with Crippen LogP contribution in [0.25, 0.3) is 0 Å². The van der Waals surface area contributed by atoms with Crippen molar-refractivity contribution in [3.63, 3.8) is 0 Å². The highest BCUT2D eigenvalue weighted by Crippen LogP contribution is 2.20. The molecule has 4 heteroatoms. The molecule has 1 aromatic carbocycles. The van der Waals surface area contributed by atoms with E-state index in [0.717, 1.165) is 6.07 Å². The molecule has 0 saturated carbocycles. The van der Waals surface area contributed by atoms with Crippen LogP contribution in [0.4, 0.5) is 4.39 Å². The van der Waals surface area contributed by atoms with Gasteiger partial charge >= 0.3 is 5.97 Å². The molecule has 70 valence electrons. The Hall–Kier alpha value is -1.58. The summed E-state index contributed by atoms with van der Waals surface area (Å²) in [5.74, 6) is -1.66. The maximum atomic E-state index is 13.1. The van der Waals surface area contributed by atoms with Crippen molar-refractivity contribution in [1.29, 1.82) is 0 Å². The van der Waals surface area contributed by atoms with Crippen LogP contribution in [0.15, 0.2) is 12.1 Å². The van der Waals surface area contributed by atoms with E-state index >= 15 is 0 Å². The number of hydrogen-bond acceptors (Lipinski definition) is 2. The molecule has 0 atom stereocenters. The summed E-state index contributed by atoms with van der Waals surface area (Å²) in [5, 5.41) is 8.61. The van der Waals surface area contributed by atoms with Crippen molar-refractivity contribution in [3.8, 4) is 5.75 Å². The Bertz CT molecular complexity index is 347. The highest BCUT2D eigenvalue weighted by molar-refractivity contribution is 5.88. The summed E-state index contributed by atoms with van der Waals surface area (Å²) in [6.07, 6.45) is 0. The molecule has 0 saturated heterocycles. The van der Waals surface area contributed by atoms with E-state index in [1.807, 2.05) is 0 Å². The highest BCUT2D eigenvalue weighted by atomic mass is 19.1. The van der Waals surface area contributed by atoms with Crippen LogP contribution in [-0.2, 0) is 0 Å². The van der Waals surface area contributed by atoms with Crippen molar-refractivity contribution in [2.45, 2.75) is 6.92 Å². The number of ether oxygens (including phenoxy) is 1. The smallest absolute Gasteiger partial charge is 0.338 e. The molecule has 0 spiro atoms. The van der Waals surface area contributed by atoms with Gasteiger partial charge < -0.3 is 9.84 Å². The molecule has 1 aromatic rings. The summed E-state index contributed by atoms with van der Waals surface area (Å²) >= 11 is 0. The van der Waals surface area contributed by atoms with Gasteiger partial charge in [-0.25, -0.2) is 9.18 Å². The highest BCUT2D eigenvalue weighted by Gasteiger charge is 2.13. The number of hydrogen-bond donors (Lipinski definition) is 1. The Morgan fingerprint density at radius 2 is 2.15 bits per heavy atom. The van der Waals surface area contributed by atoms with E-state index in [2.05, 4.69) is 0 Å². The van der Waals surface area contributed by atoms with Gasteiger partial charge in [-0.15, -0.1) is 0 Å². The van der Waals surface area contributed by atoms with Gasteiger partial charge in [-0.1, -0.05) is 0 Å². The van der Waals surface area contributed by atoms with Gasteiger partial charge in [0, 0.05) is 0 Å². The molecule has 1 N–H and O–H groups in total. The summed E-state index contributed by atoms with van der Waals surface area (Å²) in [7, 11) is 1.40. The predicted molar refractivity (Wildman–Crippen MR) is 44.6 cm³/mol.